The SMILES string of the molecule is CNCC1CCN(C(=O)c2ccc(NC3=NS(=O)(=O)c4ccccc43)cc2)C1.Cl. The minimum Gasteiger partial charge on any atom is -0.339 e. The first-order chi connectivity index (χ1) is 13.5. The number of hydrogen-bond donors (Lipinski definition) is 2. The van der Waals surface area contributed by atoms with Crippen LogP contribution < -0.4 is 10.6 Å². The quantitative estimate of drug-likeness (QED) is 0.770. The summed E-state index contributed by atoms with van der Waals surface area (Å²) in [5.41, 5.74) is 1.85. The highest BCUT2D eigenvalue weighted by atomic mass is 35.5. The first-order valence-corrected chi connectivity index (χ1v) is 10.7. The standard InChI is InChI=1S/C20H22N4O3S.ClH/c1-21-12-14-10-11-24(13-14)20(25)15-6-8-16(9-7-15)22-19-17-4-2-3-5-18(17)28(26,27)23-19;/h2-9,14,21H,10-13H2,1H3,(H,22,23);1H. The average Bonchev–Trinajstić information content (AvgIpc) is 3.25. The maximum absolute atomic E-state index is 12.7. The number of likely N-dealkylation sites (tertiary alicyclic amines) is 1. The molecule has 0 radical (unpaired) electrons. The Labute approximate surface area is 176 Å². The lowest BCUT2D eigenvalue weighted by Gasteiger charge is -2.17. The molecule has 1 fully saturated rings. The summed E-state index contributed by atoms with van der Waals surface area (Å²) < 4.78 is 28.1. The van der Waals surface area contributed by atoms with E-state index in [1.807, 2.05) is 11.9 Å². The first kappa shape index (κ1) is 21.3. The lowest BCUT2D eigenvalue weighted by atomic mass is 10.1. The van der Waals surface area contributed by atoms with Crippen molar-refractivity contribution >= 4 is 39.9 Å². The topological polar surface area (TPSA) is 90.9 Å². The summed E-state index contributed by atoms with van der Waals surface area (Å²) in [6, 6.07) is 13.8. The van der Waals surface area contributed by atoms with Gasteiger partial charge in [-0.05, 0) is 62.3 Å². The van der Waals surface area contributed by atoms with Gasteiger partial charge in [0.25, 0.3) is 15.9 Å². The average molecular weight is 435 g/mol. The molecule has 1 saturated heterocycles. The zero-order chi connectivity index (χ0) is 19.7. The number of halogens is 1. The Kier molecular flexibility index (Phi) is 6.26. The van der Waals surface area contributed by atoms with Crippen molar-refractivity contribution in [2.45, 2.75) is 11.3 Å². The second kappa shape index (κ2) is 8.52. The van der Waals surface area contributed by atoms with Crippen molar-refractivity contribution in [3.05, 3.63) is 59.7 Å². The van der Waals surface area contributed by atoms with E-state index in [1.165, 1.54) is 0 Å². The Morgan fingerprint density at radius 3 is 2.62 bits per heavy atom. The van der Waals surface area contributed by atoms with Crippen LogP contribution in [0.5, 0.6) is 0 Å². The van der Waals surface area contributed by atoms with Crippen LogP contribution in [-0.4, -0.2) is 51.7 Å². The van der Waals surface area contributed by atoms with Crippen molar-refractivity contribution in [3.8, 4) is 0 Å². The molecule has 29 heavy (non-hydrogen) atoms. The molecule has 0 aliphatic carbocycles. The van der Waals surface area contributed by atoms with Gasteiger partial charge in [0, 0.05) is 29.9 Å². The third-order valence-electron chi connectivity index (χ3n) is 5.09. The molecule has 1 amide bonds. The predicted octanol–water partition coefficient (Wildman–Crippen LogP) is 2.35. The molecule has 0 spiro atoms. The van der Waals surface area contributed by atoms with Gasteiger partial charge >= 0.3 is 0 Å². The zero-order valence-electron chi connectivity index (χ0n) is 16.0. The Balaban J connectivity index is 0.00000240. The molecule has 7 nitrogen and oxygen atoms in total. The number of amidine groups is 1. The highest BCUT2D eigenvalue weighted by Crippen LogP contribution is 2.27. The molecule has 0 bridgehead atoms. The molecular formula is C20H23ClN4O3S. The summed E-state index contributed by atoms with van der Waals surface area (Å²) in [4.78, 5) is 14.8. The van der Waals surface area contributed by atoms with Crippen LogP contribution >= 0.6 is 12.4 Å². The monoisotopic (exact) mass is 434 g/mol. The van der Waals surface area contributed by atoms with Crippen molar-refractivity contribution in [2.24, 2.45) is 10.3 Å². The van der Waals surface area contributed by atoms with E-state index in [-0.39, 0.29) is 23.2 Å². The number of nitrogens with one attached hydrogen (secondary N) is 2. The van der Waals surface area contributed by atoms with E-state index in [2.05, 4.69) is 15.0 Å². The van der Waals surface area contributed by atoms with E-state index in [0.717, 1.165) is 26.1 Å². The second-order valence-electron chi connectivity index (χ2n) is 7.08. The summed E-state index contributed by atoms with van der Waals surface area (Å²) in [7, 11) is -1.73. The zero-order valence-corrected chi connectivity index (χ0v) is 17.6. The van der Waals surface area contributed by atoms with Gasteiger partial charge in [-0.2, -0.15) is 8.42 Å². The maximum Gasteiger partial charge on any atom is 0.285 e. The fourth-order valence-corrected chi connectivity index (χ4v) is 4.86. The fourth-order valence-electron chi connectivity index (χ4n) is 3.68. The number of amides is 1. The smallest absolute Gasteiger partial charge is 0.285 e. The molecule has 0 aromatic heterocycles. The van der Waals surface area contributed by atoms with Gasteiger partial charge in [-0.15, -0.1) is 16.8 Å². The number of carbonyl (C=O) groups is 1. The summed E-state index contributed by atoms with van der Waals surface area (Å²) in [6.07, 6.45) is 1.01. The van der Waals surface area contributed by atoms with Crippen molar-refractivity contribution in [3.63, 3.8) is 0 Å². The Morgan fingerprint density at radius 1 is 1.17 bits per heavy atom. The highest BCUT2D eigenvalue weighted by molar-refractivity contribution is 7.90. The maximum atomic E-state index is 12.7. The third kappa shape index (κ3) is 4.29. The first-order valence-electron chi connectivity index (χ1n) is 9.23. The van der Waals surface area contributed by atoms with E-state index in [4.69, 9.17) is 0 Å². The van der Waals surface area contributed by atoms with Gasteiger partial charge in [0.15, 0.2) is 5.84 Å². The second-order valence-corrected chi connectivity index (χ2v) is 8.65. The van der Waals surface area contributed by atoms with Crippen LogP contribution in [0.4, 0.5) is 5.69 Å². The number of nitrogens with zero attached hydrogens (tertiary/aromatic N) is 2. The third-order valence-corrected chi connectivity index (χ3v) is 6.43. The number of rotatable bonds is 4. The van der Waals surface area contributed by atoms with Crippen LogP contribution in [0.3, 0.4) is 0 Å². The lowest BCUT2D eigenvalue weighted by molar-refractivity contribution is 0.0787. The molecular weight excluding hydrogens is 412 g/mol. The van der Waals surface area contributed by atoms with Gasteiger partial charge in [0.2, 0.25) is 0 Å². The van der Waals surface area contributed by atoms with Crippen LogP contribution in [0.1, 0.15) is 22.3 Å². The molecule has 2 heterocycles. The van der Waals surface area contributed by atoms with Crippen molar-refractivity contribution in [1.29, 1.82) is 0 Å². The van der Waals surface area contributed by atoms with Crippen molar-refractivity contribution in [1.82, 2.24) is 10.2 Å². The predicted molar refractivity (Wildman–Crippen MR) is 115 cm³/mol. The summed E-state index contributed by atoms with van der Waals surface area (Å²) in [6.45, 7) is 2.46. The van der Waals surface area contributed by atoms with E-state index in [0.29, 0.717) is 28.6 Å². The van der Waals surface area contributed by atoms with Crippen molar-refractivity contribution < 1.29 is 13.2 Å². The van der Waals surface area contributed by atoms with Crippen LogP contribution in [0.15, 0.2) is 57.8 Å². The molecule has 4 rings (SSSR count). The van der Waals surface area contributed by atoms with Crippen molar-refractivity contribution in [2.75, 3.05) is 32.0 Å². The molecule has 2 aliphatic rings. The summed E-state index contributed by atoms with van der Waals surface area (Å²) in [5, 5.41) is 6.21. The van der Waals surface area contributed by atoms with Gasteiger partial charge < -0.3 is 15.5 Å². The van der Waals surface area contributed by atoms with Gasteiger partial charge in [0.05, 0.1) is 0 Å². The Bertz CT molecular complexity index is 1040. The Hall–Kier alpha value is -2.42. The molecule has 2 N–H and O–H groups in total. The molecule has 1 unspecified atom stereocenters. The number of sulfonamides is 1. The highest BCUT2D eigenvalue weighted by Gasteiger charge is 2.29. The van der Waals surface area contributed by atoms with E-state index in [1.54, 1.807) is 48.5 Å². The summed E-state index contributed by atoms with van der Waals surface area (Å²) in [5.74, 6) is 0.817. The molecule has 2 aromatic carbocycles. The lowest BCUT2D eigenvalue weighted by Crippen LogP contribution is -2.30. The Morgan fingerprint density at radius 2 is 1.90 bits per heavy atom. The summed E-state index contributed by atoms with van der Waals surface area (Å²) >= 11 is 0. The van der Waals surface area contributed by atoms with Crippen LogP contribution in [0.2, 0.25) is 0 Å². The van der Waals surface area contributed by atoms with Crippen LogP contribution in [0, 0.1) is 5.92 Å². The minimum atomic E-state index is -3.66. The molecule has 2 aromatic rings. The van der Waals surface area contributed by atoms with Gasteiger partial charge in [0.1, 0.15) is 4.90 Å². The number of benzene rings is 2. The van der Waals surface area contributed by atoms with Gasteiger partial charge in [-0.1, -0.05) is 12.1 Å². The van der Waals surface area contributed by atoms with E-state index >= 15 is 0 Å². The largest absolute Gasteiger partial charge is 0.339 e. The number of carbonyl (C=O) groups excluding carboxylic acids is 1. The number of fused-ring (bicyclic) bond motifs is 1. The normalized spacial score (nSPS) is 19.3. The number of anilines is 1. The van der Waals surface area contributed by atoms with E-state index in [9.17, 15) is 13.2 Å². The number of hydrogen-bond acceptors (Lipinski definition) is 5. The molecule has 9 heteroatoms. The molecule has 154 valence electrons. The fraction of sp³-hybridized carbons (Fsp3) is 0.300. The minimum absolute atomic E-state index is 0. The molecule has 0 saturated carbocycles. The van der Waals surface area contributed by atoms with Gasteiger partial charge in [-0.3, -0.25) is 4.79 Å². The van der Waals surface area contributed by atoms with Gasteiger partial charge in [-0.25, -0.2) is 0 Å². The molecule has 1 atom stereocenters. The van der Waals surface area contributed by atoms with Crippen LogP contribution in [-0.2, 0) is 10.0 Å². The van der Waals surface area contributed by atoms with Crippen LogP contribution in [0.25, 0.3) is 0 Å². The molecule has 2 aliphatic heterocycles. The van der Waals surface area contributed by atoms with E-state index < -0.39 is 10.0 Å².